The summed E-state index contributed by atoms with van der Waals surface area (Å²) in [6, 6.07) is 7.22. The molecule has 1 aromatic heterocycles. The maximum Gasteiger partial charge on any atom is 0.330 e. The van der Waals surface area contributed by atoms with Crippen molar-refractivity contribution in [2.24, 2.45) is 7.05 Å². The second-order valence-electron chi connectivity index (χ2n) is 4.50. The van der Waals surface area contributed by atoms with Crippen LogP contribution in [0.4, 0.5) is 4.39 Å². The van der Waals surface area contributed by atoms with E-state index in [9.17, 15) is 19.1 Å². The van der Waals surface area contributed by atoms with Crippen LogP contribution in [0.25, 0.3) is 0 Å². The standard InChI is InChI=1S/C14H12FN3O3/c1-17-7-9(6-16)13(20)18(14(17)21)8-12(19)10-4-2-3-5-11(10)15/h2-5,7,12,19H,8H2,1H3/t12-/m1/s1. The second kappa shape index (κ2) is 5.73. The molecule has 0 saturated carbocycles. The Morgan fingerprint density at radius 1 is 1.38 bits per heavy atom. The molecule has 0 aliphatic carbocycles. The van der Waals surface area contributed by atoms with Gasteiger partial charge in [-0.1, -0.05) is 18.2 Å². The van der Waals surface area contributed by atoms with Crippen molar-refractivity contribution in [3.05, 3.63) is 68.2 Å². The highest BCUT2D eigenvalue weighted by molar-refractivity contribution is 5.23. The van der Waals surface area contributed by atoms with Crippen LogP contribution >= 0.6 is 0 Å². The number of benzene rings is 1. The predicted molar refractivity (Wildman–Crippen MR) is 72.0 cm³/mol. The van der Waals surface area contributed by atoms with Crippen LogP contribution in [0.15, 0.2) is 40.1 Å². The van der Waals surface area contributed by atoms with Gasteiger partial charge in [0.05, 0.1) is 12.6 Å². The van der Waals surface area contributed by atoms with Crippen molar-refractivity contribution in [2.45, 2.75) is 12.6 Å². The van der Waals surface area contributed by atoms with Gasteiger partial charge in [0, 0.05) is 18.8 Å². The van der Waals surface area contributed by atoms with Gasteiger partial charge in [-0.2, -0.15) is 5.26 Å². The molecule has 0 aliphatic rings. The first-order valence-corrected chi connectivity index (χ1v) is 6.08. The molecule has 0 spiro atoms. The SMILES string of the molecule is Cn1cc(C#N)c(=O)n(C[C@@H](O)c2ccccc2F)c1=O. The molecule has 2 rings (SSSR count). The lowest BCUT2D eigenvalue weighted by molar-refractivity contribution is 0.148. The number of nitrogens with zero attached hydrogens (tertiary/aromatic N) is 3. The minimum absolute atomic E-state index is 0.0196. The molecule has 2 aromatic rings. The molecule has 0 aliphatic heterocycles. The van der Waals surface area contributed by atoms with Crippen LogP contribution in [-0.4, -0.2) is 14.2 Å². The van der Waals surface area contributed by atoms with Crippen LogP contribution in [-0.2, 0) is 13.6 Å². The first-order valence-electron chi connectivity index (χ1n) is 6.08. The highest BCUT2D eigenvalue weighted by Crippen LogP contribution is 2.17. The summed E-state index contributed by atoms with van der Waals surface area (Å²) in [4.78, 5) is 23.9. The molecular formula is C14H12FN3O3. The molecule has 0 amide bonds. The van der Waals surface area contributed by atoms with E-state index in [2.05, 4.69) is 0 Å². The fraction of sp³-hybridized carbons (Fsp3) is 0.214. The summed E-state index contributed by atoms with van der Waals surface area (Å²) in [5.41, 5.74) is -1.74. The molecule has 0 radical (unpaired) electrons. The van der Waals surface area contributed by atoms with Crippen molar-refractivity contribution >= 4 is 0 Å². The third kappa shape index (κ3) is 2.75. The van der Waals surface area contributed by atoms with Crippen LogP contribution in [0.3, 0.4) is 0 Å². The van der Waals surface area contributed by atoms with Gasteiger partial charge in [0.2, 0.25) is 0 Å². The fourth-order valence-corrected chi connectivity index (χ4v) is 1.98. The monoisotopic (exact) mass is 289 g/mol. The van der Waals surface area contributed by atoms with Crippen molar-refractivity contribution in [3.8, 4) is 6.07 Å². The summed E-state index contributed by atoms with van der Waals surface area (Å²) in [6.07, 6.45) is -0.248. The number of aromatic nitrogens is 2. The van der Waals surface area contributed by atoms with Crippen LogP contribution in [0.5, 0.6) is 0 Å². The highest BCUT2D eigenvalue weighted by Gasteiger charge is 2.17. The van der Waals surface area contributed by atoms with Crippen LogP contribution in [0.2, 0.25) is 0 Å². The summed E-state index contributed by atoms with van der Waals surface area (Å²) < 4.78 is 15.4. The van der Waals surface area contributed by atoms with E-state index in [-0.39, 0.29) is 11.1 Å². The first-order chi connectivity index (χ1) is 9.95. The van der Waals surface area contributed by atoms with Gasteiger partial charge in [-0.3, -0.25) is 9.36 Å². The van der Waals surface area contributed by atoms with E-state index in [1.807, 2.05) is 0 Å². The molecule has 1 N–H and O–H groups in total. The molecule has 7 heteroatoms. The van der Waals surface area contributed by atoms with Crippen molar-refractivity contribution in [1.29, 1.82) is 5.26 Å². The van der Waals surface area contributed by atoms with Gasteiger partial charge < -0.3 is 9.67 Å². The Balaban J connectivity index is 2.48. The molecule has 1 aromatic carbocycles. The zero-order chi connectivity index (χ0) is 15.6. The maximum absolute atomic E-state index is 13.6. The number of rotatable bonds is 3. The Kier molecular flexibility index (Phi) is 4.00. The normalized spacial score (nSPS) is 11.9. The molecule has 21 heavy (non-hydrogen) atoms. The molecule has 0 bridgehead atoms. The molecule has 0 fully saturated rings. The second-order valence-corrected chi connectivity index (χ2v) is 4.50. The average molecular weight is 289 g/mol. The smallest absolute Gasteiger partial charge is 0.330 e. The van der Waals surface area contributed by atoms with Crippen LogP contribution < -0.4 is 11.2 Å². The lowest BCUT2D eigenvalue weighted by Gasteiger charge is -2.14. The fourth-order valence-electron chi connectivity index (χ4n) is 1.98. The number of hydrogen-bond acceptors (Lipinski definition) is 4. The van der Waals surface area contributed by atoms with E-state index < -0.39 is 29.7 Å². The molecule has 0 saturated heterocycles. The quantitative estimate of drug-likeness (QED) is 0.879. The van der Waals surface area contributed by atoms with Gasteiger partial charge in [-0.05, 0) is 6.07 Å². The summed E-state index contributed by atoms with van der Waals surface area (Å²) in [7, 11) is 1.38. The Morgan fingerprint density at radius 3 is 2.67 bits per heavy atom. The molecule has 0 unspecified atom stereocenters. The minimum atomic E-state index is -1.37. The van der Waals surface area contributed by atoms with Gasteiger partial charge in [-0.25, -0.2) is 9.18 Å². The zero-order valence-electron chi connectivity index (χ0n) is 11.2. The number of hydrogen-bond donors (Lipinski definition) is 1. The zero-order valence-corrected chi connectivity index (χ0v) is 11.2. The molecule has 1 heterocycles. The number of halogens is 1. The Morgan fingerprint density at radius 2 is 2.05 bits per heavy atom. The van der Waals surface area contributed by atoms with Crippen molar-refractivity contribution in [2.75, 3.05) is 0 Å². The lowest BCUT2D eigenvalue weighted by atomic mass is 10.1. The Bertz CT molecular complexity index is 833. The highest BCUT2D eigenvalue weighted by atomic mass is 19.1. The van der Waals surface area contributed by atoms with E-state index in [0.29, 0.717) is 0 Å². The van der Waals surface area contributed by atoms with E-state index in [1.54, 1.807) is 6.07 Å². The summed E-state index contributed by atoms with van der Waals surface area (Å²) in [5.74, 6) is -0.633. The van der Waals surface area contributed by atoms with E-state index in [1.165, 1.54) is 31.3 Å². The van der Waals surface area contributed by atoms with E-state index in [0.717, 1.165) is 15.3 Å². The molecule has 108 valence electrons. The minimum Gasteiger partial charge on any atom is -0.386 e. The number of nitriles is 1. The van der Waals surface area contributed by atoms with Crippen molar-refractivity contribution in [1.82, 2.24) is 9.13 Å². The molecular weight excluding hydrogens is 277 g/mol. The average Bonchev–Trinajstić information content (AvgIpc) is 2.47. The van der Waals surface area contributed by atoms with Crippen LogP contribution in [0.1, 0.15) is 17.2 Å². The number of aliphatic hydroxyl groups is 1. The Labute approximate surface area is 118 Å². The number of aliphatic hydroxyl groups excluding tert-OH is 1. The largest absolute Gasteiger partial charge is 0.386 e. The summed E-state index contributed by atoms with van der Waals surface area (Å²) >= 11 is 0. The third-order valence-corrected chi connectivity index (χ3v) is 3.07. The number of aryl methyl sites for hydroxylation is 1. The van der Waals surface area contributed by atoms with Gasteiger partial charge in [0.1, 0.15) is 17.4 Å². The summed E-state index contributed by atoms with van der Waals surface area (Å²) in [6.45, 7) is -0.429. The van der Waals surface area contributed by atoms with Crippen molar-refractivity contribution in [3.63, 3.8) is 0 Å². The molecule has 6 nitrogen and oxygen atoms in total. The lowest BCUT2D eigenvalue weighted by Crippen LogP contribution is -2.41. The van der Waals surface area contributed by atoms with Gasteiger partial charge in [0.25, 0.3) is 5.56 Å². The van der Waals surface area contributed by atoms with Crippen LogP contribution in [0, 0.1) is 17.1 Å². The summed E-state index contributed by atoms with van der Waals surface area (Å²) in [5, 5.41) is 18.9. The van der Waals surface area contributed by atoms with Gasteiger partial charge in [0.15, 0.2) is 0 Å². The topological polar surface area (TPSA) is 88.0 Å². The van der Waals surface area contributed by atoms with E-state index in [4.69, 9.17) is 5.26 Å². The van der Waals surface area contributed by atoms with E-state index >= 15 is 0 Å². The molecule has 1 atom stereocenters. The van der Waals surface area contributed by atoms with Gasteiger partial charge in [-0.15, -0.1) is 0 Å². The Hall–Kier alpha value is -2.72. The maximum atomic E-state index is 13.6. The van der Waals surface area contributed by atoms with Gasteiger partial charge >= 0.3 is 5.69 Å². The third-order valence-electron chi connectivity index (χ3n) is 3.07. The first kappa shape index (κ1) is 14.7. The van der Waals surface area contributed by atoms with Crippen molar-refractivity contribution < 1.29 is 9.50 Å². The predicted octanol–water partition coefficient (Wildman–Crippen LogP) is 0.291.